The van der Waals surface area contributed by atoms with Crippen molar-refractivity contribution in [2.75, 3.05) is 0 Å². The van der Waals surface area contributed by atoms with Gasteiger partial charge in [-0.3, -0.25) is 0 Å². The van der Waals surface area contributed by atoms with Gasteiger partial charge in [0.05, 0.1) is 34.1 Å². The van der Waals surface area contributed by atoms with Gasteiger partial charge in [0, 0.05) is 45.0 Å². The maximum absolute atomic E-state index is 9.86. The summed E-state index contributed by atoms with van der Waals surface area (Å²) in [5.41, 5.74) is 7.44. The molecule has 195 valence electrons. The largest absolute Gasteiger partial charge is 0.507 e. The zero-order valence-corrected chi connectivity index (χ0v) is 23.7. The first-order valence-corrected chi connectivity index (χ1v) is 12.3. The first-order chi connectivity index (χ1) is 18.5. The number of aromatic nitrogens is 3. The monoisotopic (exact) mass is 689 g/mol. The number of imidazole rings is 1. The predicted octanol–water partition coefficient (Wildman–Crippen LogP) is 7.31. The molecule has 0 saturated heterocycles. The molecule has 3 aromatic heterocycles. The molecule has 0 bridgehead atoms. The Bertz CT molecular complexity index is 1940. The van der Waals surface area contributed by atoms with E-state index in [9.17, 15) is 5.11 Å². The van der Waals surface area contributed by atoms with E-state index in [1.54, 1.807) is 6.07 Å². The summed E-state index contributed by atoms with van der Waals surface area (Å²) in [6.45, 7) is 4.16. The number of pyridine rings is 1. The van der Waals surface area contributed by atoms with Crippen molar-refractivity contribution in [1.82, 2.24) is 9.55 Å². The van der Waals surface area contributed by atoms with E-state index in [-0.39, 0.29) is 25.9 Å². The minimum atomic E-state index is 0. The molecule has 0 aliphatic heterocycles. The number of furan rings is 1. The fourth-order valence-electron chi connectivity index (χ4n) is 4.86. The number of aromatic hydroxyl groups is 1. The second-order valence-corrected chi connectivity index (χ2v) is 9.13. The zero-order chi connectivity index (χ0) is 26.2. The summed E-state index contributed by atoms with van der Waals surface area (Å²) in [6.07, 6.45) is 1.93. The summed E-state index contributed by atoms with van der Waals surface area (Å²) in [5.74, 6) is 1.04. The van der Waals surface area contributed by atoms with Crippen LogP contribution in [0, 0.1) is 14.0 Å². The topological polar surface area (TPSA) is 55.1 Å². The van der Waals surface area contributed by atoms with Crippen LogP contribution in [0.2, 0.25) is 0 Å². The maximum Gasteiger partial charge on any atom is 0.144 e. The van der Waals surface area contributed by atoms with Gasteiger partial charge in [0.15, 0.2) is 0 Å². The van der Waals surface area contributed by atoms with Crippen molar-refractivity contribution in [2.24, 2.45) is 7.05 Å². The molecule has 0 aliphatic rings. The molecule has 0 atom stereocenters. The van der Waals surface area contributed by atoms with Gasteiger partial charge in [-0.15, -0.1) is 6.07 Å². The Labute approximate surface area is 240 Å². The second-order valence-electron chi connectivity index (χ2n) is 9.13. The van der Waals surface area contributed by atoms with Crippen molar-refractivity contribution in [3.05, 3.63) is 129 Å². The van der Waals surface area contributed by atoms with Gasteiger partial charge in [0.2, 0.25) is 0 Å². The van der Waals surface area contributed by atoms with E-state index in [0.717, 1.165) is 61.2 Å². The standard InChI is InChI=1S/C19H14NO.C14H12N2O.Ir/c1-13-10-11-15-14-7-3-4-9-17(14)21-19(15)18(13)16-8-5-6-12-20(16)2;1-16-12-8-4-3-7-11(12)15-14(16)10-6-2-5-9-13(10)17;/h3-12H,1-2H2;2-9,17H,1H3;/q-1;;. The van der Waals surface area contributed by atoms with E-state index in [2.05, 4.69) is 31.1 Å². The second kappa shape index (κ2) is 10.7. The Morgan fingerprint density at radius 2 is 1.54 bits per heavy atom. The van der Waals surface area contributed by atoms with Gasteiger partial charge in [0.1, 0.15) is 17.2 Å². The number of aryl methyl sites for hydroxylation is 1. The van der Waals surface area contributed by atoms with Gasteiger partial charge in [-0.1, -0.05) is 66.2 Å². The smallest absolute Gasteiger partial charge is 0.144 e. The number of para-hydroxylation sites is 4. The van der Waals surface area contributed by atoms with E-state index in [1.807, 2.05) is 107 Å². The summed E-state index contributed by atoms with van der Waals surface area (Å²) < 4.78 is 9.93. The third-order valence-electron chi connectivity index (χ3n) is 6.76. The van der Waals surface area contributed by atoms with Gasteiger partial charge in [-0.2, -0.15) is 18.6 Å². The van der Waals surface area contributed by atoms with Crippen LogP contribution in [0.1, 0.15) is 5.56 Å². The van der Waals surface area contributed by atoms with Gasteiger partial charge >= 0.3 is 0 Å². The number of hydrogen-bond acceptors (Lipinski definition) is 3. The molecule has 3 heterocycles. The molecule has 7 aromatic rings. The molecule has 4 aromatic carbocycles. The van der Waals surface area contributed by atoms with Crippen LogP contribution in [0.5, 0.6) is 5.75 Å². The van der Waals surface area contributed by atoms with Crippen LogP contribution < -0.4 is 4.57 Å². The van der Waals surface area contributed by atoms with Crippen molar-refractivity contribution in [1.29, 1.82) is 0 Å². The van der Waals surface area contributed by atoms with E-state index in [1.165, 1.54) is 0 Å². The number of fused-ring (bicyclic) bond motifs is 4. The van der Waals surface area contributed by atoms with Crippen molar-refractivity contribution in [2.45, 2.75) is 0 Å². The van der Waals surface area contributed by atoms with Crippen LogP contribution in [-0.4, -0.2) is 14.7 Å². The summed E-state index contributed by atoms with van der Waals surface area (Å²) in [7, 11) is 6.00. The fraction of sp³-hybridized carbons (Fsp3) is 0.0303. The average Bonchev–Trinajstić information content (AvgIpc) is 3.48. The zero-order valence-electron chi connectivity index (χ0n) is 21.3. The summed E-state index contributed by atoms with van der Waals surface area (Å²) in [4.78, 5) is 4.55. The molecule has 39 heavy (non-hydrogen) atoms. The summed E-state index contributed by atoms with van der Waals surface area (Å²) >= 11 is 0. The molecule has 0 amide bonds. The fourth-order valence-corrected chi connectivity index (χ4v) is 4.86. The Hall–Kier alpha value is -4.51. The van der Waals surface area contributed by atoms with Gasteiger partial charge < -0.3 is 18.7 Å². The van der Waals surface area contributed by atoms with E-state index in [4.69, 9.17) is 4.42 Å². The molecule has 0 spiro atoms. The number of rotatable bonds is 2. The van der Waals surface area contributed by atoms with Gasteiger partial charge in [-0.05, 0) is 30.3 Å². The Morgan fingerprint density at radius 3 is 2.33 bits per heavy atom. The minimum Gasteiger partial charge on any atom is -0.507 e. The number of hydrogen-bond donors (Lipinski definition) is 1. The molecular weight excluding hydrogens is 663 g/mol. The Balaban J connectivity index is 0.000000157. The molecule has 1 N–H and O–H groups in total. The Kier molecular flexibility index (Phi) is 7.16. The molecule has 0 saturated carbocycles. The van der Waals surface area contributed by atoms with Crippen LogP contribution in [0.15, 0.2) is 114 Å². The maximum atomic E-state index is 9.86. The Morgan fingerprint density at radius 1 is 0.821 bits per heavy atom. The third-order valence-corrected chi connectivity index (χ3v) is 6.76. The van der Waals surface area contributed by atoms with Gasteiger partial charge in [-0.25, -0.2) is 4.98 Å². The molecule has 0 fully saturated rings. The molecule has 6 heteroatoms. The quantitative estimate of drug-likeness (QED) is 0.153. The van der Waals surface area contributed by atoms with Crippen molar-refractivity contribution < 1.29 is 34.2 Å². The predicted molar refractivity (Wildman–Crippen MR) is 152 cm³/mol. The third kappa shape index (κ3) is 4.65. The first kappa shape index (κ1) is 26.1. The van der Waals surface area contributed by atoms with Crippen molar-refractivity contribution in [3.8, 4) is 28.4 Å². The average molecular weight is 689 g/mol. The number of nitrogens with zero attached hydrogens (tertiary/aromatic N) is 3. The van der Waals surface area contributed by atoms with Gasteiger partial charge in [0.25, 0.3) is 0 Å². The van der Waals surface area contributed by atoms with Crippen LogP contribution in [-0.2, 0) is 27.2 Å². The molecule has 0 unspecified atom stereocenters. The first-order valence-electron chi connectivity index (χ1n) is 12.3. The van der Waals surface area contributed by atoms with E-state index in [0.29, 0.717) is 0 Å². The van der Waals surface area contributed by atoms with Crippen molar-refractivity contribution in [3.63, 3.8) is 0 Å². The molecule has 5 nitrogen and oxygen atoms in total. The van der Waals surface area contributed by atoms with E-state index < -0.39 is 0 Å². The number of benzene rings is 4. The molecular formula is C33H26IrN3O2-. The normalized spacial score (nSPS) is 10.8. The SMILES string of the molecule is Cn1c(-c2ccccc2O)nc2ccccc21.[CH2-]c1ccc2c(oc3ccccc32)c1-c1cccc[n+]1[CH2-].[Ir]. The molecule has 1 radical (unpaired) electrons. The molecule has 7 rings (SSSR count). The van der Waals surface area contributed by atoms with Crippen LogP contribution in [0.25, 0.3) is 55.6 Å². The van der Waals surface area contributed by atoms with Crippen LogP contribution >= 0.6 is 0 Å². The number of phenols is 1. The molecule has 0 aliphatic carbocycles. The minimum absolute atomic E-state index is 0. The summed E-state index contributed by atoms with van der Waals surface area (Å²) in [6, 6.07) is 33.4. The van der Waals surface area contributed by atoms with E-state index >= 15 is 0 Å². The van der Waals surface area contributed by atoms with Crippen LogP contribution in [0.4, 0.5) is 0 Å². The number of phenolic OH excluding ortho intramolecular Hbond substituents is 1. The summed E-state index contributed by atoms with van der Waals surface area (Å²) in [5, 5.41) is 12.1. The van der Waals surface area contributed by atoms with Crippen molar-refractivity contribution >= 4 is 33.0 Å². The van der Waals surface area contributed by atoms with Crippen LogP contribution in [0.3, 0.4) is 0 Å².